The number of ether oxygens (including phenoxy) is 2. The molecule has 34 heavy (non-hydrogen) atoms. The van der Waals surface area contributed by atoms with Crippen LogP contribution >= 0.6 is 11.3 Å². The van der Waals surface area contributed by atoms with E-state index < -0.39 is 41.2 Å². The molecule has 0 aliphatic carbocycles. The molecule has 4 rings (SSSR count). The van der Waals surface area contributed by atoms with Crippen LogP contribution in [0.15, 0.2) is 36.4 Å². The number of nitrogens with one attached hydrogen (secondary N) is 2. The number of amides is 2. The number of carbonyl (C=O) groups excluding carboxylic acids is 2. The number of hydrogen-bond donors (Lipinski definition) is 2. The predicted molar refractivity (Wildman–Crippen MR) is 119 cm³/mol. The zero-order valence-electron chi connectivity index (χ0n) is 17.9. The first kappa shape index (κ1) is 24.1. The summed E-state index contributed by atoms with van der Waals surface area (Å²) in [6.07, 6.45) is -4.33. The first-order valence-electron chi connectivity index (χ1n) is 10.3. The number of halogens is 4. The van der Waals surface area contributed by atoms with Crippen molar-refractivity contribution in [2.75, 3.05) is 24.4 Å². The second-order valence-electron chi connectivity index (χ2n) is 7.66. The largest absolute Gasteiger partial charge is 0.418 e. The van der Waals surface area contributed by atoms with E-state index >= 15 is 0 Å². The fourth-order valence-corrected chi connectivity index (χ4v) is 4.90. The lowest BCUT2D eigenvalue weighted by atomic mass is 10.1. The summed E-state index contributed by atoms with van der Waals surface area (Å²) in [6, 6.07) is 7.42. The second-order valence-corrected chi connectivity index (χ2v) is 8.71. The van der Waals surface area contributed by atoms with Gasteiger partial charge in [0, 0.05) is 35.1 Å². The van der Waals surface area contributed by atoms with Crippen molar-refractivity contribution in [3.8, 4) is 0 Å². The summed E-state index contributed by atoms with van der Waals surface area (Å²) in [7, 11) is 1.37. The average molecular weight is 496 g/mol. The zero-order chi connectivity index (χ0) is 24.5. The van der Waals surface area contributed by atoms with Gasteiger partial charge in [0.15, 0.2) is 0 Å². The van der Waals surface area contributed by atoms with Crippen molar-refractivity contribution in [1.82, 2.24) is 0 Å². The van der Waals surface area contributed by atoms with E-state index in [0.29, 0.717) is 24.1 Å². The molecule has 6 nitrogen and oxygen atoms in total. The van der Waals surface area contributed by atoms with Gasteiger partial charge in [0.25, 0.3) is 11.8 Å². The quantitative estimate of drug-likeness (QED) is 0.437. The molecular formula is C23H20F4N2O4S. The van der Waals surface area contributed by atoms with Crippen molar-refractivity contribution >= 4 is 44.6 Å². The van der Waals surface area contributed by atoms with E-state index in [2.05, 4.69) is 10.6 Å². The molecule has 0 spiro atoms. The molecular weight excluding hydrogens is 476 g/mol. The van der Waals surface area contributed by atoms with Gasteiger partial charge in [-0.1, -0.05) is 6.07 Å². The fourth-order valence-electron chi connectivity index (χ4n) is 3.78. The first-order chi connectivity index (χ1) is 16.2. The van der Waals surface area contributed by atoms with Crippen LogP contribution in [-0.4, -0.2) is 31.6 Å². The van der Waals surface area contributed by atoms with Crippen LogP contribution in [0.2, 0.25) is 0 Å². The van der Waals surface area contributed by atoms with Crippen molar-refractivity contribution in [1.29, 1.82) is 0 Å². The van der Waals surface area contributed by atoms with Crippen LogP contribution in [0.5, 0.6) is 0 Å². The standard InChI is InChI=1S/C23H20F4N2O4S/c1-32-11-13-19-15(24)4-2-6-18(19)34-20(13)22(31)29-16-8-7-12(10-14(16)23(25,26)27)28-21(30)17-5-3-9-33-17/h2,4,6-8,10,17H,3,5,9,11H2,1H3,(H,28,30)(H,29,31). The maximum absolute atomic E-state index is 14.4. The highest BCUT2D eigenvalue weighted by Crippen LogP contribution is 2.38. The Kier molecular flexibility index (Phi) is 6.87. The highest BCUT2D eigenvalue weighted by molar-refractivity contribution is 7.21. The Balaban J connectivity index is 1.64. The van der Waals surface area contributed by atoms with Crippen molar-refractivity contribution in [2.45, 2.75) is 31.7 Å². The summed E-state index contributed by atoms with van der Waals surface area (Å²) in [6.45, 7) is 0.327. The summed E-state index contributed by atoms with van der Waals surface area (Å²) in [5.41, 5.74) is -1.44. The Morgan fingerprint density at radius 1 is 1.21 bits per heavy atom. The minimum Gasteiger partial charge on any atom is -0.380 e. The van der Waals surface area contributed by atoms with Crippen LogP contribution in [0.1, 0.15) is 33.6 Å². The zero-order valence-corrected chi connectivity index (χ0v) is 18.7. The molecule has 3 aromatic rings. The molecule has 1 saturated heterocycles. The Labute approximate surface area is 195 Å². The van der Waals surface area contributed by atoms with E-state index in [4.69, 9.17) is 9.47 Å². The third kappa shape index (κ3) is 4.91. The van der Waals surface area contributed by atoms with Gasteiger partial charge in [-0.2, -0.15) is 13.2 Å². The van der Waals surface area contributed by atoms with Crippen LogP contribution in [0.3, 0.4) is 0 Å². The van der Waals surface area contributed by atoms with Crippen LogP contribution in [0.4, 0.5) is 28.9 Å². The van der Waals surface area contributed by atoms with Gasteiger partial charge >= 0.3 is 6.18 Å². The number of hydrogen-bond acceptors (Lipinski definition) is 5. The fraction of sp³-hybridized carbons (Fsp3) is 0.304. The van der Waals surface area contributed by atoms with Gasteiger partial charge in [-0.15, -0.1) is 11.3 Å². The normalized spacial score (nSPS) is 16.1. The minimum absolute atomic E-state index is 0.0471. The molecule has 1 unspecified atom stereocenters. The van der Waals surface area contributed by atoms with Crippen LogP contribution in [0.25, 0.3) is 10.1 Å². The number of carbonyl (C=O) groups is 2. The number of anilines is 2. The van der Waals surface area contributed by atoms with Crippen molar-refractivity contribution in [3.63, 3.8) is 0 Å². The van der Waals surface area contributed by atoms with Crippen LogP contribution in [0, 0.1) is 5.82 Å². The maximum Gasteiger partial charge on any atom is 0.418 e. The molecule has 180 valence electrons. The Bertz CT molecular complexity index is 1240. The third-order valence-corrected chi connectivity index (χ3v) is 6.52. The lowest BCUT2D eigenvalue weighted by molar-refractivity contribution is -0.137. The molecule has 2 N–H and O–H groups in total. The average Bonchev–Trinajstić information content (AvgIpc) is 3.44. The lowest BCUT2D eigenvalue weighted by Crippen LogP contribution is -2.27. The third-order valence-electron chi connectivity index (χ3n) is 5.32. The van der Waals surface area contributed by atoms with E-state index in [1.165, 1.54) is 25.3 Å². The molecule has 2 aromatic carbocycles. The van der Waals surface area contributed by atoms with Crippen LogP contribution in [-0.2, 0) is 27.1 Å². The van der Waals surface area contributed by atoms with E-state index in [9.17, 15) is 27.2 Å². The van der Waals surface area contributed by atoms with E-state index in [-0.39, 0.29) is 28.1 Å². The SMILES string of the molecule is COCc1c(C(=O)Nc2ccc(NC(=O)C3CCCO3)cc2C(F)(F)F)sc2cccc(F)c12. The number of fused-ring (bicyclic) bond motifs is 1. The summed E-state index contributed by atoms with van der Waals surface area (Å²) in [5, 5.41) is 4.91. The number of thiophene rings is 1. The predicted octanol–water partition coefficient (Wildman–Crippen LogP) is 5.58. The minimum atomic E-state index is -4.81. The smallest absolute Gasteiger partial charge is 0.380 e. The van der Waals surface area contributed by atoms with Gasteiger partial charge in [0.1, 0.15) is 11.9 Å². The summed E-state index contributed by atoms with van der Waals surface area (Å²) in [4.78, 5) is 25.2. The molecule has 2 heterocycles. The van der Waals surface area contributed by atoms with Gasteiger partial charge < -0.3 is 20.1 Å². The van der Waals surface area contributed by atoms with Gasteiger partial charge in [-0.3, -0.25) is 9.59 Å². The number of rotatable bonds is 6. The Morgan fingerprint density at radius 2 is 2.00 bits per heavy atom. The van der Waals surface area contributed by atoms with Crippen LogP contribution < -0.4 is 10.6 Å². The first-order valence-corrected chi connectivity index (χ1v) is 11.1. The highest BCUT2D eigenvalue weighted by atomic mass is 32.1. The van der Waals surface area contributed by atoms with Gasteiger partial charge in [0.05, 0.1) is 22.7 Å². The van der Waals surface area contributed by atoms with E-state index in [0.717, 1.165) is 23.5 Å². The Morgan fingerprint density at radius 3 is 2.68 bits per heavy atom. The van der Waals surface area contributed by atoms with Crippen molar-refractivity contribution < 1.29 is 36.6 Å². The maximum atomic E-state index is 14.4. The topological polar surface area (TPSA) is 76.7 Å². The number of alkyl halides is 3. The molecule has 2 amide bonds. The molecule has 1 fully saturated rings. The molecule has 0 bridgehead atoms. The molecule has 0 radical (unpaired) electrons. The molecule has 1 aliphatic heterocycles. The van der Waals surface area contributed by atoms with E-state index in [1.807, 2.05) is 0 Å². The summed E-state index contributed by atoms with van der Waals surface area (Å²) in [5.74, 6) is -1.91. The summed E-state index contributed by atoms with van der Waals surface area (Å²) < 4.78 is 66.5. The van der Waals surface area contributed by atoms with Crippen molar-refractivity contribution in [3.05, 3.63) is 58.2 Å². The van der Waals surface area contributed by atoms with Gasteiger partial charge in [-0.25, -0.2) is 4.39 Å². The number of benzene rings is 2. The molecule has 0 saturated carbocycles. The second kappa shape index (κ2) is 9.69. The molecule has 1 atom stereocenters. The number of methoxy groups -OCH3 is 1. The monoisotopic (exact) mass is 496 g/mol. The van der Waals surface area contributed by atoms with E-state index in [1.54, 1.807) is 6.07 Å². The molecule has 11 heteroatoms. The Hall–Kier alpha value is -3.02. The van der Waals surface area contributed by atoms with Crippen molar-refractivity contribution in [2.24, 2.45) is 0 Å². The summed E-state index contributed by atoms with van der Waals surface area (Å²) >= 11 is 0.960. The lowest BCUT2D eigenvalue weighted by Gasteiger charge is -2.17. The van der Waals surface area contributed by atoms with Gasteiger partial charge in [-0.05, 0) is 43.2 Å². The molecule has 1 aromatic heterocycles. The van der Waals surface area contributed by atoms with Gasteiger partial charge in [0.2, 0.25) is 0 Å². The highest BCUT2D eigenvalue weighted by Gasteiger charge is 2.35. The molecule has 1 aliphatic rings.